The Balaban J connectivity index is 0.00000280. The van der Waals surface area contributed by atoms with Gasteiger partial charge in [0.05, 0.1) is 16.3 Å². The lowest BCUT2D eigenvalue weighted by Gasteiger charge is -2.13. The summed E-state index contributed by atoms with van der Waals surface area (Å²) in [6, 6.07) is 13.4. The van der Waals surface area contributed by atoms with Crippen LogP contribution in [0.5, 0.6) is 0 Å². The lowest BCUT2D eigenvalue weighted by molar-refractivity contribution is 0.520. The van der Waals surface area contributed by atoms with E-state index in [1.54, 1.807) is 26.2 Å². The van der Waals surface area contributed by atoms with E-state index >= 15 is 0 Å². The molecule has 0 aliphatic rings. The minimum atomic E-state index is -3.49. The molecule has 0 amide bonds. The van der Waals surface area contributed by atoms with Gasteiger partial charge in [-0.2, -0.15) is 0 Å². The van der Waals surface area contributed by atoms with Crippen molar-refractivity contribution in [3.05, 3.63) is 63.8 Å². The summed E-state index contributed by atoms with van der Waals surface area (Å²) < 4.78 is 28.3. The van der Waals surface area contributed by atoms with Crippen molar-refractivity contribution < 1.29 is 8.42 Å². The van der Waals surface area contributed by atoms with Crippen LogP contribution in [-0.2, 0) is 17.1 Å². The van der Waals surface area contributed by atoms with Crippen LogP contribution in [0, 0.1) is 13.8 Å². The van der Waals surface area contributed by atoms with E-state index in [0.29, 0.717) is 4.90 Å². The standard InChI is InChI=1S/C20H23N3O2S2.BrH/c1-14-10-16(12-17(11-14)27(24,25)22(3)4)19-13-26-20(23(19)5)21-18-9-7-6-8-15(18)2;/h6-13H,1-5H3;1H. The molecular formula is C20H24BrN3O2S2. The number of para-hydroxylation sites is 1. The summed E-state index contributed by atoms with van der Waals surface area (Å²) >= 11 is 1.54. The molecule has 0 atom stereocenters. The van der Waals surface area contributed by atoms with Gasteiger partial charge in [-0.25, -0.2) is 17.7 Å². The first-order valence-electron chi connectivity index (χ1n) is 8.49. The molecule has 3 rings (SSSR count). The number of hydrogen-bond donors (Lipinski definition) is 0. The van der Waals surface area contributed by atoms with Gasteiger partial charge in [-0.05, 0) is 49.2 Å². The summed E-state index contributed by atoms with van der Waals surface area (Å²) in [5, 5.41) is 2.01. The Bertz CT molecular complexity index is 1160. The smallest absolute Gasteiger partial charge is 0.242 e. The Hall–Kier alpha value is -1.74. The number of hydrogen-bond acceptors (Lipinski definition) is 4. The number of benzene rings is 2. The molecule has 0 radical (unpaired) electrons. The van der Waals surface area contributed by atoms with Gasteiger partial charge in [0.25, 0.3) is 0 Å². The fraction of sp³-hybridized carbons (Fsp3) is 0.250. The molecule has 5 nitrogen and oxygen atoms in total. The van der Waals surface area contributed by atoms with Crippen molar-refractivity contribution >= 4 is 44.0 Å². The molecule has 0 unspecified atom stereocenters. The van der Waals surface area contributed by atoms with Crippen LogP contribution in [0.1, 0.15) is 11.1 Å². The van der Waals surface area contributed by atoms with E-state index in [4.69, 9.17) is 4.99 Å². The number of aryl methyl sites for hydroxylation is 2. The molecule has 0 saturated heterocycles. The van der Waals surface area contributed by atoms with Crippen molar-refractivity contribution in [2.45, 2.75) is 18.7 Å². The van der Waals surface area contributed by atoms with Gasteiger partial charge in [-0.3, -0.25) is 0 Å². The first-order chi connectivity index (χ1) is 12.7. The van der Waals surface area contributed by atoms with E-state index in [2.05, 4.69) is 0 Å². The van der Waals surface area contributed by atoms with Crippen LogP contribution < -0.4 is 4.80 Å². The minimum absolute atomic E-state index is 0. The molecule has 2 aromatic carbocycles. The van der Waals surface area contributed by atoms with Gasteiger partial charge >= 0.3 is 0 Å². The normalized spacial score (nSPS) is 12.3. The van der Waals surface area contributed by atoms with Gasteiger partial charge in [-0.1, -0.05) is 18.2 Å². The van der Waals surface area contributed by atoms with Gasteiger partial charge in [0.15, 0.2) is 4.80 Å². The van der Waals surface area contributed by atoms with E-state index in [9.17, 15) is 8.42 Å². The quantitative estimate of drug-likeness (QED) is 0.553. The predicted octanol–water partition coefficient (Wildman–Crippen LogP) is 4.43. The maximum atomic E-state index is 12.5. The highest BCUT2D eigenvalue weighted by molar-refractivity contribution is 8.93. The van der Waals surface area contributed by atoms with Gasteiger partial charge in [0, 0.05) is 32.1 Å². The number of nitrogens with zero attached hydrogens (tertiary/aromatic N) is 3. The average molecular weight is 482 g/mol. The summed E-state index contributed by atoms with van der Waals surface area (Å²) in [4.78, 5) is 5.92. The van der Waals surface area contributed by atoms with Gasteiger partial charge in [-0.15, -0.1) is 28.3 Å². The Morgan fingerprint density at radius 3 is 2.39 bits per heavy atom. The highest BCUT2D eigenvalue weighted by Gasteiger charge is 2.19. The third-order valence-electron chi connectivity index (χ3n) is 4.38. The third kappa shape index (κ3) is 4.46. The Kier molecular flexibility index (Phi) is 7.03. The first kappa shape index (κ1) is 22.5. The number of sulfonamides is 1. The fourth-order valence-electron chi connectivity index (χ4n) is 2.78. The first-order valence-corrected chi connectivity index (χ1v) is 10.8. The lowest BCUT2D eigenvalue weighted by atomic mass is 10.1. The third-order valence-corrected chi connectivity index (χ3v) is 7.09. The largest absolute Gasteiger partial charge is 0.320 e. The molecule has 3 aromatic rings. The summed E-state index contributed by atoms with van der Waals surface area (Å²) in [5.41, 5.74) is 4.74. The molecule has 1 heterocycles. The molecule has 0 spiro atoms. The Morgan fingerprint density at radius 1 is 1.07 bits per heavy atom. The maximum Gasteiger partial charge on any atom is 0.242 e. The van der Waals surface area contributed by atoms with Crippen molar-refractivity contribution in [2.75, 3.05) is 14.1 Å². The van der Waals surface area contributed by atoms with Crippen LogP contribution in [0.4, 0.5) is 5.69 Å². The van der Waals surface area contributed by atoms with Gasteiger partial charge in [0.2, 0.25) is 10.0 Å². The predicted molar refractivity (Wildman–Crippen MR) is 121 cm³/mol. The highest BCUT2D eigenvalue weighted by atomic mass is 79.9. The number of rotatable bonds is 4. The van der Waals surface area contributed by atoms with Crippen LogP contribution in [0.25, 0.3) is 11.3 Å². The second-order valence-electron chi connectivity index (χ2n) is 6.68. The topological polar surface area (TPSA) is 54.7 Å². The molecule has 0 aliphatic heterocycles. The van der Waals surface area contributed by atoms with Gasteiger partial charge in [0.1, 0.15) is 0 Å². The Morgan fingerprint density at radius 2 is 1.75 bits per heavy atom. The molecular weight excluding hydrogens is 458 g/mol. The zero-order valence-electron chi connectivity index (χ0n) is 16.5. The van der Waals surface area contributed by atoms with E-state index in [1.165, 1.54) is 15.6 Å². The number of halogens is 1. The maximum absolute atomic E-state index is 12.5. The highest BCUT2D eigenvalue weighted by Crippen LogP contribution is 2.26. The molecule has 8 heteroatoms. The molecule has 150 valence electrons. The van der Waals surface area contributed by atoms with E-state index < -0.39 is 10.0 Å². The van der Waals surface area contributed by atoms with Crippen LogP contribution in [0.15, 0.2) is 57.7 Å². The lowest BCUT2D eigenvalue weighted by Crippen LogP contribution is -2.22. The van der Waals surface area contributed by atoms with Crippen LogP contribution in [0.3, 0.4) is 0 Å². The molecule has 0 bridgehead atoms. The number of aromatic nitrogens is 1. The van der Waals surface area contributed by atoms with Crippen LogP contribution in [0.2, 0.25) is 0 Å². The van der Waals surface area contributed by atoms with Crippen molar-refractivity contribution in [3.63, 3.8) is 0 Å². The van der Waals surface area contributed by atoms with Gasteiger partial charge < -0.3 is 4.57 Å². The zero-order chi connectivity index (χ0) is 19.8. The van der Waals surface area contributed by atoms with Crippen LogP contribution in [-0.4, -0.2) is 31.4 Å². The number of thiazole rings is 1. The summed E-state index contributed by atoms with van der Waals surface area (Å²) in [7, 11) is 1.55. The van der Waals surface area contributed by atoms with Crippen molar-refractivity contribution in [2.24, 2.45) is 12.0 Å². The van der Waals surface area contributed by atoms with E-state index in [1.807, 2.05) is 61.2 Å². The molecule has 0 saturated carbocycles. The molecule has 0 fully saturated rings. The molecule has 0 aliphatic carbocycles. The fourth-order valence-corrected chi connectivity index (χ4v) is 4.73. The molecule has 0 N–H and O–H groups in total. The monoisotopic (exact) mass is 481 g/mol. The van der Waals surface area contributed by atoms with Crippen LogP contribution >= 0.6 is 28.3 Å². The second kappa shape index (κ2) is 8.73. The zero-order valence-corrected chi connectivity index (χ0v) is 19.8. The summed E-state index contributed by atoms with van der Waals surface area (Å²) in [5.74, 6) is 0. The average Bonchev–Trinajstić information content (AvgIpc) is 2.97. The molecule has 1 aromatic heterocycles. The van der Waals surface area contributed by atoms with Crippen molar-refractivity contribution in [1.82, 2.24) is 8.87 Å². The van der Waals surface area contributed by atoms with E-state index in [0.717, 1.165) is 32.9 Å². The van der Waals surface area contributed by atoms with Crippen molar-refractivity contribution in [3.8, 4) is 11.3 Å². The Labute approximate surface area is 180 Å². The second-order valence-corrected chi connectivity index (χ2v) is 9.67. The molecule has 28 heavy (non-hydrogen) atoms. The van der Waals surface area contributed by atoms with E-state index in [-0.39, 0.29) is 17.0 Å². The summed E-state index contributed by atoms with van der Waals surface area (Å²) in [6.45, 7) is 3.94. The minimum Gasteiger partial charge on any atom is -0.320 e. The SMILES string of the molecule is Br.Cc1cc(-c2csc(=Nc3ccccc3C)n2C)cc(S(=O)(=O)N(C)C)c1. The van der Waals surface area contributed by atoms with Crippen molar-refractivity contribution in [1.29, 1.82) is 0 Å². The summed E-state index contributed by atoms with van der Waals surface area (Å²) in [6.07, 6.45) is 0.